The molecule has 2 heterocycles. The van der Waals surface area contributed by atoms with Gasteiger partial charge in [0.2, 0.25) is 0 Å². The van der Waals surface area contributed by atoms with Crippen molar-refractivity contribution in [1.29, 1.82) is 0 Å². The Morgan fingerprint density at radius 2 is 2.38 bits per heavy atom. The van der Waals surface area contributed by atoms with E-state index in [9.17, 15) is 0 Å². The van der Waals surface area contributed by atoms with Gasteiger partial charge in [0.05, 0.1) is 11.4 Å². The molecule has 1 aliphatic carbocycles. The molecule has 3 rings (SSSR count). The number of hydrogen-bond acceptors (Lipinski definition) is 3. The Balaban J connectivity index is 2.08. The van der Waals surface area contributed by atoms with Crippen LogP contribution in [-0.2, 0) is 13.5 Å². The third-order valence-electron chi connectivity index (χ3n) is 3.25. The second-order valence-electron chi connectivity index (χ2n) is 4.21. The van der Waals surface area contributed by atoms with Crippen LogP contribution in [0.5, 0.6) is 0 Å². The van der Waals surface area contributed by atoms with Crippen LogP contribution >= 0.6 is 0 Å². The van der Waals surface area contributed by atoms with Crippen molar-refractivity contribution in [2.45, 2.75) is 18.8 Å². The molecule has 1 aromatic rings. The fraction of sp³-hybridized carbons (Fsp3) is 0.778. The molecule has 70 valence electrons. The van der Waals surface area contributed by atoms with Crippen molar-refractivity contribution >= 4 is 0 Å². The lowest BCUT2D eigenvalue weighted by atomic mass is 9.79. The van der Waals surface area contributed by atoms with Crippen LogP contribution < -0.4 is 5.32 Å². The van der Waals surface area contributed by atoms with Gasteiger partial charge in [-0.3, -0.25) is 4.68 Å². The zero-order valence-corrected chi connectivity index (χ0v) is 7.82. The lowest BCUT2D eigenvalue weighted by Gasteiger charge is -2.34. The van der Waals surface area contributed by atoms with Crippen molar-refractivity contribution in [2.24, 2.45) is 13.0 Å². The van der Waals surface area contributed by atoms with E-state index >= 15 is 0 Å². The minimum absolute atomic E-state index is 0.655. The number of aryl methyl sites for hydroxylation is 1. The first kappa shape index (κ1) is 7.50. The van der Waals surface area contributed by atoms with E-state index in [-0.39, 0.29) is 0 Å². The molecule has 1 aromatic heterocycles. The summed E-state index contributed by atoms with van der Waals surface area (Å²) in [6, 6.07) is 0. The Bertz CT molecular complexity index is 330. The molecule has 2 unspecified atom stereocenters. The molecule has 1 saturated heterocycles. The summed E-state index contributed by atoms with van der Waals surface area (Å²) in [7, 11) is 2.00. The van der Waals surface area contributed by atoms with Gasteiger partial charge in [0.1, 0.15) is 0 Å². The van der Waals surface area contributed by atoms with Gasteiger partial charge in [-0.25, -0.2) is 0 Å². The van der Waals surface area contributed by atoms with Gasteiger partial charge < -0.3 is 5.32 Å². The molecule has 1 N–H and O–H groups in total. The number of piperidine rings is 1. The molecule has 2 bridgehead atoms. The van der Waals surface area contributed by atoms with Crippen LogP contribution in [0.2, 0.25) is 0 Å². The fourth-order valence-corrected chi connectivity index (χ4v) is 2.72. The molecule has 4 heteroatoms. The molecular weight excluding hydrogens is 164 g/mol. The number of aromatic nitrogens is 3. The maximum atomic E-state index is 4.22. The van der Waals surface area contributed by atoms with Crippen LogP contribution in [-0.4, -0.2) is 28.1 Å². The topological polar surface area (TPSA) is 42.7 Å². The van der Waals surface area contributed by atoms with Gasteiger partial charge in [-0.05, 0) is 25.3 Å². The SMILES string of the molecule is Cn1nnc2c1C1CNCC(C2)C1. The third kappa shape index (κ3) is 1.01. The Kier molecular flexibility index (Phi) is 1.47. The summed E-state index contributed by atoms with van der Waals surface area (Å²) >= 11 is 0. The highest BCUT2D eigenvalue weighted by atomic mass is 15.4. The second-order valence-corrected chi connectivity index (χ2v) is 4.21. The van der Waals surface area contributed by atoms with E-state index in [0.717, 1.165) is 25.4 Å². The normalized spacial score (nSPS) is 31.5. The third-order valence-corrected chi connectivity index (χ3v) is 3.25. The smallest absolute Gasteiger partial charge is 0.0865 e. The van der Waals surface area contributed by atoms with E-state index in [0.29, 0.717) is 5.92 Å². The molecule has 2 atom stereocenters. The lowest BCUT2D eigenvalue weighted by molar-refractivity contribution is 0.307. The molecular formula is C9H14N4. The highest BCUT2D eigenvalue weighted by Gasteiger charge is 2.33. The average molecular weight is 178 g/mol. The Labute approximate surface area is 77.3 Å². The Morgan fingerprint density at radius 1 is 1.46 bits per heavy atom. The molecule has 1 fully saturated rings. The first-order chi connectivity index (χ1) is 6.34. The van der Waals surface area contributed by atoms with Gasteiger partial charge in [0.25, 0.3) is 0 Å². The molecule has 0 radical (unpaired) electrons. The fourth-order valence-electron chi connectivity index (χ4n) is 2.72. The van der Waals surface area contributed by atoms with Gasteiger partial charge >= 0.3 is 0 Å². The predicted octanol–water partition coefficient (Wildman–Crippen LogP) is 0.0643. The summed E-state index contributed by atoms with van der Waals surface area (Å²) in [4.78, 5) is 0. The van der Waals surface area contributed by atoms with Gasteiger partial charge in [-0.15, -0.1) is 5.10 Å². The van der Waals surface area contributed by atoms with E-state index in [1.807, 2.05) is 11.7 Å². The minimum Gasteiger partial charge on any atom is -0.316 e. The first-order valence-electron chi connectivity index (χ1n) is 4.94. The van der Waals surface area contributed by atoms with E-state index in [1.54, 1.807) is 0 Å². The van der Waals surface area contributed by atoms with E-state index in [4.69, 9.17) is 0 Å². The molecule has 13 heavy (non-hydrogen) atoms. The van der Waals surface area contributed by atoms with Gasteiger partial charge in [-0.1, -0.05) is 5.21 Å². The largest absolute Gasteiger partial charge is 0.316 e. The zero-order chi connectivity index (χ0) is 8.84. The second kappa shape index (κ2) is 2.54. The summed E-state index contributed by atoms with van der Waals surface area (Å²) in [5.74, 6) is 1.45. The number of fused-ring (bicyclic) bond motifs is 4. The molecule has 0 spiro atoms. The van der Waals surface area contributed by atoms with Crippen molar-refractivity contribution < 1.29 is 0 Å². The summed E-state index contributed by atoms with van der Waals surface area (Å²) in [6.45, 7) is 2.26. The Hall–Kier alpha value is -0.900. The van der Waals surface area contributed by atoms with Crippen LogP contribution in [0.15, 0.2) is 0 Å². The predicted molar refractivity (Wildman–Crippen MR) is 48.4 cm³/mol. The number of hydrogen-bond donors (Lipinski definition) is 1. The number of nitrogens with one attached hydrogen (secondary N) is 1. The van der Waals surface area contributed by atoms with Crippen LogP contribution in [0.25, 0.3) is 0 Å². The van der Waals surface area contributed by atoms with Crippen LogP contribution in [0.3, 0.4) is 0 Å². The highest BCUT2D eigenvalue weighted by Crippen LogP contribution is 2.34. The molecule has 1 aliphatic heterocycles. The highest BCUT2D eigenvalue weighted by molar-refractivity contribution is 5.21. The maximum absolute atomic E-state index is 4.22. The van der Waals surface area contributed by atoms with Crippen LogP contribution in [0, 0.1) is 5.92 Å². The quantitative estimate of drug-likeness (QED) is 0.611. The van der Waals surface area contributed by atoms with Crippen LogP contribution in [0.1, 0.15) is 23.7 Å². The standard InChI is InChI=1S/C9H14N4/c1-13-9-7-2-6(4-10-5-7)3-8(9)11-12-13/h6-7,10H,2-5H2,1H3. The van der Waals surface area contributed by atoms with Gasteiger partial charge in [-0.2, -0.15) is 0 Å². The van der Waals surface area contributed by atoms with E-state index in [2.05, 4.69) is 15.6 Å². The summed E-state index contributed by atoms with van der Waals surface area (Å²) in [5, 5.41) is 11.8. The van der Waals surface area contributed by atoms with Gasteiger partial charge in [0.15, 0.2) is 0 Å². The molecule has 0 aromatic carbocycles. The van der Waals surface area contributed by atoms with E-state index < -0.39 is 0 Å². The average Bonchev–Trinajstić information content (AvgIpc) is 2.48. The monoisotopic (exact) mass is 178 g/mol. The van der Waals surface area contributed by atoms with Crippen molar-refractivity contribution in [3.63, 3.8) is 0 Å². The van der Waals surface area contributed by atoms with Gasteiger partial charge in [0, 0.05) is 19.5 Å². The lowest BCUT2D eigenvalue weighted by Crippen LogP contribution is -2.40. The number of rotatable bonds is 0. The van der Waals surface area contributed by atoms with Crippen molar-refractivity contribution in [3.8, 4) is 0 Å². The first-order valence-corrected chi connectivity index (χ1v) is 4.94. The van der Waals surface area contributed by atoms with Crippen LogP contribution in [0.4, 0.5) is 0 Å². The van der Waals surface area contributed by atoms with Crippen molar-refractivity contribution in [1.82, 2.24) is 20.3 Å². The Morgan fingerprint density at radius 3 is 3.31 bits per heavy atom. The summed E-state index contributed by atoms with van der Waals surface area (Å²) in [5.41, 5.74) is 2.61. The van der Waals surface area contributed by atoms with Crippen molar-refractivity contribution in [3.05, 3.63) is 11.4 Å². The minimum atomic E-state index is 0.655. The van der Waals surface area contributed by atoms with E-state index in [1.165, 1.54) is 17.8 Å². The summed E-state index contributed by atoms with van der Waals surface area (Å²) in [6.07, 6.45) is 2.44. The molecule has 4 nitrogen and oxygen atoms in total. The molecule has 0 amide bonds. The number of nitrogens with zero attached hydrogens (tertiary/aromatic N) is 3. The van der Waals surface area contributed by atoms with Crippen molar-refractivity contribution in [2.75, 3.05) is 13.1 Å². The summed E-state index contributed by atoms with van der Waals surface area (Å²) < 4.78 is 1.95. The molecule has 2 aliphatic rings. The molecule has 0 saturated carbocycles. The maximum Gasteiger partial charge on any atom is 0.0865 e. The zero-order valence-electron chi connectivity index (χ0n) is 7.82.